The van der Waals surface area contributed by atoms with Crippen LogP contribution in [0.5, 0.6) is 5.75 Å². The van der Waals surface area contributed by atoms with Crippen molar-refractivity contribution in [3.05, 3.63) is 89.2 Å². The molecule has 0 aliphatic carbocycles. The van der Waals surface area contributed by atoms with Gasteiger partial charge in [0.25, 0.3) is 5.91 Å². The molecule has 0 fully saturated rings. The van der Waals surface area contributed by atoms with E-state index in [1.807, 2.05) is 36.5 Å². The van der Waals surface area contributed by atoms with Crippen LogP contribution in [0.25, 0.3) is 0 Å². The number of ether oxygens (including phenoxy) is 1. The number of nitrogens with one attached hydrogen (secondary N) is 1. The second-order valence-electron chi connectivity index (χ2n) is 6.87. The van der Waals surface area contributed by atoms with E-state index in [9.17, 15) is 4.79 Å². The zero-order valence-corrected chi connectivity index (χ0v) is 15.9. The van der Waals surface area contributed by atoms with E-state index in [-0.39, 0.29) is 5.91 Å². The van der Waals surface area contributed by atoms with Crippen LogP contribution in [0.4, 0.5) is 5.69 Å². The summed E-state index contributed by atoms with van der Waals surface area (Å²) in [6.45, 7) is 2.17. The molecule has 3 aromatic rings. The van der Waals surface area contributed by atoms with Crippen LogP contribution in [0.15, 0.2) is 67.0 Å². The topological polar surface area (TPSA) is 54.5 Å². The Hall–Kier alpha value is -3.34. The molecular formula is C23H23N3O2. The standard InChI is InChI=1S/C23H23N3O2/c1-28-22-9-5-4-7-18(22)14-25-23(27)20-12-21(15-24-13-20)26-11-10-17-6-2-3-8-19(17)16-26/h2-9,12-13,15H,10-11,14,16H2,1H3,(H,25,27). The number of amides is 1. The van der Waals surface area contributed by atoms with Gasteiger partial charge in [-0.3, -0.25) is 9.78 Å². The number of nitrogens with zero attached hydrogens (tertiary/aromatic N) is 2. The number of carbonyl (C=O) groups is 1. The Labute approximate surface area is 165 Å². The molecule has 0 bridgehead atoms. The number of anilines is 1. The van der Waals surface area contributed by atoms with E-state index >= 15 is 0 Å². The molecule has 28 heavy (non-hydrogen) atoms. The fourth-order valence-corrected chi connectivity index (χ4v) is 3.57. The maximum Gasteiger partial charge on any atom is 0.253 e. The third-order valence-electron chi connectivity index (χ3n) is 5.11. The van der Waals surface area contributed by atoms with Crippen molar-refractivity contribution in [3.8, 4) is 5.75 Å². The van der Waals surface area contributed by atoms with Crippen LogP contribution >= 0.6 is 0 Å². The molecule has 4 rings (SSSR count). The first-order chi connectivity index (χ1) is 13.7. The summed E-state index contributed by atoms with van der Waals surface area (Å²) in [4.78, 5) is 19.2. The quantitative estimate of drug-likeness (QED) is 0.743. The molecule has 1 aliphatic heterocycles. The van der Waals surface area contributed by atoms with Crippen molar-refractivity contribution in [1.29, 1.82) is 0 Å². The second-order valence-corrected chi connectivity index (χ2v) is 6.87. The number of aromatic nitrogens is 1. The summed E-state index contributed by atoms with van der Waals surface area (Å²) < 4.78 is 5.34. The van der Waals surface area contributed by atoms with Crippen molar-refractivity contribution in [2.75, 3.05) is 18.6 Å². The zero-order chi connectivity index (χ0) is 19.3. The molecule has 0 radical (unpaired) electrons. The highest BCUT2D eigenvalue weighted by atomic mass is 16.5. The first-order valence-electron chi connectivity index (χ1n) is 9.41. The second kappa shape index (κ2) is 8.13. The molecular weight excluding hydrogens is 350 g/mol. The minimum Gasteiger partial charge on any atom is -0.496 e. The van der Waals surface area contributed by atoms with Gasteiger partial charge in [0.2, 0.25) is 0 Å². The summed E-state index contributed by atoms with van der Waals surface area (Å²) in [5.41, 5.74) is 5.21. The number of pyridine rings is 1. The van der Waals surface area contributed by atoms with Crippen molar-refractivity contribution in [2.24, 2.45) is 0 Å². The van der Waals surface area contributed by atoms with E-state index in [1.54, 1.807) is 13.3 Å². The van der Waals surface area contributed by atoms with Crippen LogP contribution in [0.3, 0.4) is 0 Å². The first-order valence-corrected chi connectivity index (χ1v) is 9.41. The number of hydrogen-bond acceptors (Lipinski definition) is 4. The van der Waals surface area contributed by atoms with Crippen molar-refractivity contribution in [1.82, 2.24) is 10.3 Å². The third kappa shape index (κ3) is 3.83. The summed E-state index contributed by atoms with van der Waals surface area (Å²) in [6, 6.07) is 18.1. The first kappa shape index (κ1) is 18.0. The molecule has 142 valence electrons. The van der Waals surface area contributed by atoms with E-state index in [1.165, 1.54) is 11.1 Å². The maximum atomic E-state index is 12.6. The molecule has 0 saturated carbocycles. The lowest BCUT2D eigenvalue weighted by Gasteiger charge is -2.30. The monoisotopic (exact) mass is 373 g/mol. The van der Waals surface area contributed by atoms with Crippen LogP contribution in [0.1, 0.15) is 27.0 Å². The van der Waals surface area contributed by atoms with E-state index in [0.717, 1.165) is 36.5 Å². The lowest BCUT2D eigenvalue weighted by atomic mass is 9.99. The Kier molecular flexibility index (Phi) is 5.24. The van der Waals surface area contributed by atoms with Gasteiger partial charge in [0.05, 0.1) is 24.6 Å². The lowest BCUT2D eigenvalue weighted by molar-refractivity contribution is 0.0950. The maximum absolute atomic E-state index is 12.6. The van der Waals surface area contributed by atoms with Gasteiger partial charge in [-0.25, -0.2) is 0 Å². The normalized spacial score (nSPS) is 13.0. The molecule has 0 saturated heterocycles. The molecule has 1 aliphatic rings. The van der Waals surface area contributed by atoms with Gasteiger partial charge in [-0.05, 0) is 29.7 Å². The van der Waals surface area contributed by atoms with Gasteiger partial charge in [-0.2, -0.15) is 0 Å². The number of fused-ring (bicyclic) bond motifs is 1. The number of hydrogen-bond donors (Lipinski definition) is 1. The fourth-order valence-electron chi connectivity index (χ4n) is 3.57. The van der Waals surface area contributed by atoms with E-state index in [0.29, 0.717) is 12.1 Å². The predicted molar refractivity (Wildman–Crippen MR) is 110 cm³/mol. The zero-order valence-electron chi connectivity index (χ0n) is 15.9. The number of para-hydroxylation sites is 1. The van der Waals surface area contributed by atoms with Crippen LogP contribution in [-0.4, -0.2) is 24.5 Å². The minimum atomic E-state index is -0.141. The summed E-state index contributed by atoms with van der Waals surface area (Å²) in [5, 5.41) is 2.96. The average molecular weight is 373 g/mol. The number of carbonyl (C=O) groups excluding carboxylic acids is 1. The molecule has 1 aromatic heterocycles. The van der Waals surface area contributed by atoms with Crippen molar-refractivity contribution in [3.63, 3.8) is 0 Å². The molecule has 5 nitrogen and oxygen atoms in total. The minimum absolute atomic E-state index is 0.141. The highest BCUT2D eigenvalue weighted by molar-refractivity contribution is 5.94. The van der Waals surface area contributed by atoms with Gasteiger partial charge in [0, 0.05) is 31.4 Å². The average Bonchev–Trinajstić information content (AvgIpc) is 2.77. The number of rotatable bonds is 5. The molecule has 0 unspecified atom stereocenters. The SMILES string of the molecule is COc1ccccc1CNC(=O)c1cncc(N2CCc3ccccc3C2)c1. The van der Waals surface area contributed by atoms with Crippen LogP contribution in [0.2, 0.25) is 0 Å². The highest BCUT2D eigenvalue weighted by Gasteiger charge is 2.17. The molecule has 1 N–H and O–H groups in total. The van der Waals surface area contributed by atoms with Crippen LogP contribution in [0, 0.1) is 0 Å². The van der Waals surface area contributed by atoms with Crippen molar-refractivity contribution < 1.29 is 9.53 Å². The van der Waals surface area contributed by atoms with Gasteiger partial charge in [0.15, 0.2) is 0 Å². The Morgan fingerprint density at radius 2 is 1.89 bits per heavy atom. The Balaban J connectivity index is 1.46. The third-order valence-corrected chi connectivity index (χ3v) is 5.11. The molecule has 0 atom stereocenters. The van der Waals surface area contributed by atoms with Gasteiger partial charge in [-0.1, -0.05) is 42.5 Å². The molecule has 2 heterocycles. The summed E-state index contributed by atoms with van der Waals surface area (Å²) >= 11 is 0. The summed E-state index contributed by atoms with van der Waals surface area (Å²) in [6.07, 6.45) is 4.43. The summed E-state index contributed by atoms with van der Waals surface area (Å²) in [5.74, 6) is 0.624. The van der Waals surface area contributed by atoms with Crippen molar-refractivity contribution >= 4 is 11.6 Å². The Bertz CT molecular complexity index is 987. The number of benzene rings is 2. The largest absolute Gasteiger partial charge is 0.496 e. The Morgan fingerprint density at radius 3 is 2.75 bits per heavy atom. The number of methoxy groups -OCH3 is 1. The fraction of sp³-hybridized carbons (Fsp3) is 0.217. The van der Waals surface area contributed by atoms with Gasteiger partial charge >= 0.3 is 0 Å². The van der Waals surface area contributed by atoms with Crippen molar-refractivity contribution in [2.45, 2.75) is 19.5 Å². The Morgan fingerprint density at radius 1 is 1.11 bits per heavy atom. The van der Waals surface area contributed by atoms with E-state index < -0.39 is 0 Å². The van der Waals surface area contributed by atoms with Gasteiger partial charge in [0.1, 0.15) is 5.75 Å². The molecule has 5 heteroatoms. The van der Waals surface area contributed by atoms with Gasteiger partial charge < -0.3 is 15.0 Å². The van der Waals surface area contributed by atoms with Crippen LogP contribution in [-0.2, 0) is 19.5 Å². The summed E-state index contributed by atoms with van der Waals surface area (Å²) in [7, 11) is 1.63. The lowest BCUT2D eigenvalue weighted by Crippen LogP contribution is -2.31. The van der Waals surface area contributed by atoms with Gasteiger partial charge in [-0.15, -0.1) is 0 Å². The van der Waals surface area contributed by atoms with E-state index in [2.05, 4.69) is 39.5 Å². The smallest absolute Gasteiger partial charge is 0.253 e. The predicted octanol–water partition coefficient (Wildman–Crippen LogP) is 3.58. The highest BCUT2D eigenvalue weighted by Crippen LogP contribution is 2.24. The van der Waals surface area contributed by atoms with Crippen LogP contribution < -0.4 is 15.0 Å². The van der Waals surface area contributed by atoms with E-state index in [4.69, 9.17) is 4.74 Å². The molecule has 1 amide bonds. The molecule has 2 aromatic carbocycles. The molecule has 0 spiro atoms.